The highest BCUT2D eigenvalue weighted by molar-refractivity contribution is 5.85. The fourth-order valence-electron chi connectivity index (χ4n) is 1.59. The molecule has 0 amide bonds. The average molecular weight is 211 g/mol. The van der Waals surface area contributed by atoms with Crippen molar-refractivity contribution in [3.8, 4) is 0 Å². The lowest BCUT2D eigenvalue weighted by Gasteiger charge is -2.21. The molecular weight excluding hydrogens is 196 g/mol. The fourth-order valence-corrected chi connectivity index (χ4v) is 1.59. The molecule has 2 rings (SSSR count). The third kappa shape index (κ3) is 2.48. The zero-order chi connectivity index (χ0) is 9.10. The number of nitrogens with zero attached hydrogens (tertiary/aromatic N) is 1. The number of nitrogens with one attached hydrogen (secondary N) is 1. The standard InChI is InChI=1S/C11H14N2.ClH/c1-9-12-7-11(8-13-9)10-5-3-2-4-6-10;/h2-6,11H,7-8H2,1H3,(H,12,13);1H. The van der Waals surface area contributed by atoms with Crippen molar-refractivity contribution in [3.05, 3.63) is 35.9 Å². The summed E-state index contributed by atoms with van der Waals surface area (Å²) in [5.41, 5.74) is 1.38. The normalized spacial score (nSPS) is 20.4. The van der Waals surface area contributed by atoms with Gasteiger partial charge in [-0.2, -0.15) is 0 Å². The SMILES string of the molecule is CC1=NCC(c2ccccc2)CN1.Cl. The number of aliphatic imine (C=N–C) groups is 1. The van der Waals surface area contributed by atoms with Crippen LogP contribution < -0.4 is 5.32 Å². The molecule has 2 nitrogen and oxygen atoms in total. The lowest BCUT2D eigenvalue weighted by molar-refractivity contribution is 0.637. The number of rotatable bonds is 1. The van der Waals surface area contributed by atoms with E-state index >= 15 is 0 Å². The van der Waals surface area contributed by atoms with Gasteiger partial charge in [0.1, 0.15) is 0 Å². The third-order valence-electron chi connectivity index (χ3n) is 2.42. The summed E-state index contributed by atoms with van der Waals surface area (Å²) in [6.45, 7) is 3.95. The van der Waals surface area contributed by atoms with Crippen molar-refractivity contribution >= 4 is 18.2 Å². The van der Waals surface area contributed by atoms with Gasteiger partial charge in [0.2, 0.25) is 0 Å². The molecule has 0 aliphatic carbocycles. The van der Waals surface area contributed by atoms with E-state index in [1.54, 1.807) is 0 Å². The number of benzene rings is 1. The van der Waals surface area contributed by atoms with Gasteiger partial charge in [-0.1, -0.05) is 30.3 Å². The first-order valence-corrected chi connectivity index (χ1v) is 4.66. The Kier molecular flexibility index (Phi) is 3.96. The summed E-state index contributed by atoms with van der Waals surface area (Å²) in [6.07, 6.45) is 0. The Labute approximate surface area is 90.8 Å². The van der Waals surface area contributed by atoms with E-state index in [0.717, 1.165) is 18.9 Å². The molecule has 1 aromatic rings. The van der Waals surface area contributed by atoms with E-state index in [4.69, 9.17) is 0 Å². The summed E-state index contributed by atoms with van der Waals surface area (Å²) in [4.78, 5) is 4.39. The zero-order valence-corrected chi connectivity index (χ0v) is 9.05. The maximum atomic E-state index is 4.39. The van der Waals surface area contributed by atoms with Crippen molar-refractivity contribution in [2.45, 2.75) is 12.8 Å². The van der Waals surface area contributed by atoms with Crippen LogP contribution in [-0.4, -0.2) is 18.9 Å². The smallest absolute Gasteiger partial charge is 0.0932 e. The molecule has 0 spiro atoms. The molecule has 1 aliphatic heterocycles. The van der Waals surface area contributed by atoms with Crippen molar-refractivity contribution in [2.24, 2.45) is 4.99 Å². The van der Waals surface area contributed by atoms with Crippen LogP contribution in [-0.2, 0) is 0 Å². The average Bonchev–Trinajstić information content (AvgIpc) is 2.20. The molecular formula is C11H15ClN2. The maximum absolute atomic E-state index is 4.39. The maximum Gasteiger partial charge on any atom is 0.0932 e. The first kappa shape index (κ1) is 11.1. The van der Waals surface area contributed by atoms with Crippen LogP contribution in [0.5, 0.6) is 0 Å². The largest absolute Gasteiger partial charge is 0.373 e. The van der Waals surface area contributed by atoms with Crippen molar-refractivity contribution in [2.75, 3.05) is 13.1 Å². The summed E-state index contributed by atoms with van der Waals surface area (Å²) < 4.78 is 0. The van der Waals surface area contributed by atoms with Crippen molar-refractivity contribution < 1.29 is 0 Å². The van der Waals surface area contributed by atoms with Gasteiger partial charge in [-0.3, -0.25) is 4.99 Å². The van der Waals surface area contributed by atoms with Gasteiger partial charge in [-0.25, -0.2) is 0 Å². The lowest BCUT2D eigenvalue weighted by atomic mass is 9.98. The Bertz CT molecular complexity index is 308. The summed E-state index contributed by atoms with van der Waals surface area (Å²) in [7, 11) is 0. The van der Waals surface area contributed by atoms with Gasteiger partial charge in [0.15, 0.2) is 0 Å². The lowest BCUT2D eigenvalue weighted by Crippen LogP contribution is -2.32. The van der Waals surface area contributed by atoms with Gasteiger partial charge < -0.3 is 5.32 Å². The van der Waals surface area contributed by atoms with Gasteiger partial charge in [0.05, 0.1) is 5.84 Å². The topological polar surface area (TPSA) is 24.4 Å². The second-order valence-corrected chi connectivity index (χ2v) is 3.41. The molecule has 0 saturated carbocycles. The molecule has 1 atom stereocenters. The minimum Gasteiger partial charge on any atom is -0.373 e. The third-order valence-corrected chi connectivity index (χ3v) is 2.42. The number of halogens is 1. The summed E-state index contributed by atoms with van der Waals surface area (Å²) >= 11 is 0. The highest BCUT2D eigenvalue weighted by Gasteiger charge is 2.13. The predicted molar refractivity (Wildman–Crippen MR) is 62.4 cm³/mol. The molecule has 1 N–H and O–H groups in total. The van der Waals surface area contributed by atoms with Crippen molar-refractivity contribution in [1.82, 2.24) is 5.32 Å². The van der Waals surface area contributed by atoms with E-state index in [-0.39, 0.29) is 12.4 Å². The molecule has 14 heavy (non-hydrogen) atoms. The van der Waals surface area contributed by atoms with E-state index in [1.165, 1.54) is 5.56 Å². The predicted octanol–water partition coefficient (Wildman–Crippen LogP) is 2.21. The zero-order valence-electron chi connectivity index (χ0n) is 8.23. The van der Waals surface area contributed by atoms with Gasteiger partial charge in [0.25, 0.3) is 0 Å². The van der Waals surface area contributed by atoms with E-state index in [0.29, 0.717) is 5.92 Å². The van der Waals surface area contributed by atoms with Crippen LogP contribution in [0.15, 0.2) is 35.3 Å². The van der Waals surface area contributed by atoms with E-state index in [9.17, 15) is 0 Å². The Balaban J connectivity index is 0.000000980. The Morgan fingerprint density at radius 1 is 1.29 bits per heavy atom. The Morgan fingerprint density at radius 2 is 2.00 bits per heavy atom. The van der Waals surface area contributed by atoms with Gasteiger partial charge in [-0.05, 0) is 12.5 Å². The minimum absolute atomic E-state index is 0. The fraction of sp³-hybridized carbons (Fsp3) is 0.364. The van der Waals surface area contributed by atoms with Gasteiger partial charge in [0, 0.05) is 19.0 Å². The van der Waals surface area contributed by atoms with E-state index in [2.05, 4.69) is 34.6 Å². The summed E-state index contributed by atoms with van der Waals surface area (Å²) in [5.74, 6) is 1.61. The summed E-state index contributed by atoms with van der Waals surface area (Å²) in [5, 5.41) is 3.28. The molecule has 0 saturated heterocycles. The van der Waals surface area contributed by atoms with Crippen LogP contribution in [0, 0.1) is 0 Å². The quantitative estimate of drug-likeness (QED) is 0.755. The van der Waals surface area contributed by atoms with Crippen LogP contribution >= 0.6 is 12.4 Å². The summed E-state index contributed by atoms with van der Waals surface area (Å²) in [6, 6.07) is 10.6. The van der Waals surface area contributed by atoms with E-state index in [1.807, 2.05) is 13.0 Å². The molecule has 1 heterocycles. The highest BCUT2D eigenvalue weighted by atomic mass is 35.5. The van der Waals surface area contributed by atoms with Crippen LogP contribution in [0.25, 0.3) is 0 Å². The second kappa shape index (κ2) is 5.01. The highest BCUT2D eigenvalue weighted by Crippen LogP contribution is 2.16. The minimum atomic E-state index is 0. The molecule has 1 aromatic carbocycles. The molecule has 76 valence electrons. The van der Waals surface area contributed by atoms with Crippen molar-refractivity contribution in [1.29, 1.82) is 0 Å². The van der Waals surface area contributed by atoms with Crippen LogP contribution in [0.2, 0.25) is 0 Å². The molecule has 0 bridgehead atoms. The molecule has 0 aromatic heterocycles. The van der Waals surface area contributed by atoms with Crippen LogP contribution in [0.1, 0.15) is 18.4 Å². The number of hydrogen-bond acceptors (Lipinski definition) is 2. The number of amidine groups is 1. The number of hydrogen-bond donors (Lipinski definition) is 1. The van der Waals surface area contributed by atoms with Crippen molar-refractivity contribution in [3.63, 3.8) is 0 Å². The van der Waals surface area contributed by atoms with Gasteiger partial charge >= 0.3 is 0 Å². The first-order valence-electron chi connectivity index (χ1n) is 4.66. The Morgan fingerprint density at radius 3 is 2.57 bits per heavy atom. The van der Waals surface area contributed by atoms with Crippen LogP contribution in [0.4, 0.5) is 0 Å². The van der Waals surface area contributed by atoms with Gasteiger partial charge in [-0.15, -0.1) is 12.4 Å². The Hall–Kier alpha value is -1.02. The molecule has 0 radical (unpaired) electrons. The van der Waals surface area contributed by atoms with E-state index < -0.39 is 0 Å². The molecule has 0 fully saturated rings. The molecule has 3 heteroatoms. The second-order valence-electron chi connectivity index (χ2n) is 3.41. The van der Waals surface area contributed by atoms with Crippen LogP contribution in [0.3, 0.4) is 0 Å². The monoisotopic (exact) mass is 210 g/mol. The molecule has 1 unspecified atom stereocenters. The molecule has 1 aliphatic rings. The first-order chi connectivity index (χ1) is 6.36.